The number of hydrogen-bond donors (Lipinski definition) is 1. The first kappa shape index (κ1) is 10.7. The van der Waals surface area contributed by atoms with Crippen molar-refractivity contribution in [3.05, 3.63) is 35.4 Å². The monoisotopic (exact) mass is 196 g/mol. The molecule has 1 N–H and O–H groups in total. The predicted molar refractivity (Wildman–Crippen MR) is 51.9 cm³/mol. The minimum absolute atomic E-state index is 0.511. The maximum atomic E-state index is 12.3. The molecule has 0 aliphatic rings. The first-order valence-electron chi connectivity index (χ1n) is 4.37. The maximum Gasteiger partial charge on any atom is 0.313 e. The molecule has 1 rings (SSSR count). The lowest BCUT2D eigenvalue weighted by Crippen LogP contribution is -2.28. The van der Waals surface area contributed by atoms with Gasteiger partial charge in [-0.05, 0) is 25.0 Å². The van der Waals surface area contributed by atoms with Crippen molar-refractivity contribution < 1.29 is 14.3 Å². The van der Waals surface area contributed by atoms with E-state index in [1.54, 1.807) is 38.1 Å². The van der Waals surface area contributed by atoms with E-state index >= 15 is 0 Å². The van der Waals surface area contributed by atoms with Gasteiger partial charge in [-0.3, -0.25) is 4.79 Å². The summed E-state index contributed by atoms with van der Waals surface area (Å²) in [6.07, 6.45) is 0. The average Bonchev–Trinajstić information content (AvgIpc) is 2.17. The normalized spacial score (nSPS) is 11.4. The summed E-state index contributed by atoms with van der Waals surface area (Å²) in [5.41, 5.74) is 0.169. The lowest BCUT2D eigenvalue weighted by Gasteiger charge is -2.19. The van der Waals surface area contributed by atoms with E-state index in [9.17, 15) is 9.18 Å². The third-order valence-electron chi connectivity index (χ3n) is 2.34. The van der Waals surface area contributed by atoms with Gasteiger partial charge < -0.3 is 5.11 Å². The number of carboxylic acids is 1. The van der Waals surface area contributed by atoms with E-state index in [1.165, 1.54) is 0 Å². The zero-order valence-electron chi connectivity index (χ0n) is 8.25. The van der Waals surface area contributed by atoms with Gasteiger partial charge in [0.25, 0.3) is 0 Å². The minimum atomic E-state index is -0.967. The van der Waals surface area contributed by atoms with E-state index in [0.717, 1.165) is 0 Å². The molecule has 0 amide bonds. The van der Waals surface area contributed by atoms with Crippen LogP contribution in [0.3, 0.4) is 0 Å². The predicted octanol–water partition coefficient (Wildman–Crippen LogP) is 2.52. The maximum absolute atomic E-state index is 12.3. The second-order valence-electron chi connectivity index (χ2n) is 3.76. The Morgan fingerprint density at radius 3 is 2.64 bits per heavy atom. The van der Waals surface area contributed by atoms with Gasteiger partial charge in [0.15, 0.2) is 0 Å². The van der Waals surface area contributed by atoms with Crippen molar-refractivity contribution in [2.45, 2.75) is 25.9 Å². The standard InChI is InChI=1S/C11H13FO2/c1-11(2,10(13)14)9-5-3-4-8(6-9)7-12/h3-6H,7H2,1-2H3,(H,13,14). The summed E-state index contributed by atoms with van der Waals surface area (Å²) in [5, 5.41) is 8.96. The van der Waals surface area contributed by atoms with E-state index in [2.05, 4.69) is 0 Å². The van der Waals surface area contributed by atoms with Gasteiger partial charge in [0.05, 0.1) is 5.41 Å². The van der Waals surface area contributed by atoms with E-state index in [4.69, 9.17) is 5.11 Å². The van der Waals surface area contributed by atoms with E-state index in [1.807, 2.05) is 0 Å². The van der Waals surface area contributed by atoms with Crippen LogP contribution in [0.4, 0.5) is 4.39 Å². The van der Waals surface area contributed by atoms with Crippen LogP contribution in [0.2, 0.25) is 0 Å². The van der Waals surface area contributed by atoms with Crippen molar-refractivity contribution in [2.24, 2.45) is 0 Å². The summed E-state index contributed by atoms with van der Waals surface area (Å²) in [6.45, 7) is 2.64. The molecule has 0 heterocycles. The van der Waals surface area contributed by atoms with Gasteiger partial charge in [0.2, 0.25) is 0 Å². The zero-order valence-corrected chi connectivity index (χ0v) is 8.25. The highest BCUT2D eigenvalue weighted by molar-refractivity contribution is 5.80. The van der Waals surface area contributed by atoms with Gasteiger partial charge in [-0.15, -0.1) is 0 Å². The number of carboxylic acid groups (broad SMARTS) is 1. The van der Waals surface area contributed by atoms with Crippen LogP contribution in [0.15, 0.2) is 24.3 Å². The van der Waals surface area contributed by atoms with Crippen LogP contribution >= 0.6 is 0 Å². The molecule has 0 aliphatic carbocycles. The Balaban J connectivity index is 3.12. The molecule has 1 aromatic rings. The molecule has 0 saturated carbocycles. The summed E-state index contributed by atoms with van der Waals surface area (Å²) < 4.78 is 12.3. The Hall–Kier alpha value is -1.38. The molecule has 0 unspecified atom stereocenters. The summed E-state index contributed by atoms with van der Waals surface area (Å²) in [6, 6.07) is 6.61. The van der Waals surface area contributed by atoms with Crippen LogP contribution in [0.1, 0.15) is 25.0 Å². The number of carbonyl (C=O) groups is 1. The number of benzene rings is 1. The first-order valence-corrected chi connectivity index (χ1v) is 4.37. The first-order chi connectivity index (χ1) is 6.48. The lowest BCUT2D eigenvalue weighted by molar-refractivity contribution is -0.142. The molecule has 0 aliphatic heterocycles. The van der Waals surface area contributed by atoms with Gasteiger partial charge in [-0.2, -0.15) is 0 Å². The summed E-state index contributed by atoms with van der Waals surface area (Å²) in [7, 11) is 0. The van der Waals surface area contributed by atoms with Crippen molar-refractivity contribution >= 4 is 5.97 Å². The number of halogens is 1. The third-order valence-corrected chi connectivity index (χ3v) is 2.34. The summed E-state index contributed by atoms with van der Waals surface area (Å²) in [4.78, 5) is 10.9. The number of hydrogen-bond acceptors (Lipinski definition) is 1. The van der Waals surface area contributed by atoms with Crippen molar-refractivity contribution in [3.63, 3.8) is 0 Å². The molecule has 0 radical (unpaired) electrons. The van der Waals surface area contributed by atoms with Crippen molar-refractivity contribution in [3.8, 4) is 0 Å². The van der Waals surface area contributed by atoms with Crippen LogP contribution in [-0.2, 0) is 16.9 Å². The van der Waals surface area contributed by atoms with E-state index in [0.29, 0.717) is 11.1 Å². The Bertz CT molecular complexity index is 345. The Kier molecular flexibility index (Phi) is 2.89. The number of alkyl halides is 1. The molecule has 1 aromatic carbocycles. The molecule has 0 bridgehead atoms. The molecular formula is C11H13FO2. The van der Waals surface area contributed by atoms with Gasteiger partial charge in [0, 0.05) is 0 Å². The second kappa shape index (κ2) is 3.78. The molecule has 76 valence electrons. The highest BCUT2D eigenvalue weighted by atomic mass is 19.1. The van der Waals surface area contributed by atoms with Crippen molar-refractivity contribution in [1.29, 1.82) is 0 Å². The fraction of sp³-hybridized carbons (Fsp3) is 0.364. The van der Waals surface area contributed by atoms with Crippen molar-refractivity contribution in [2.75, 3.05) is 0 Å². The molecule has 0 fully saturated rings. The summed E-state index contributed by atoms with van der Waals surface area (Å²) in [5.74, 6) is -0.909. The number of rotatable bonds is 3. The lowest BCUT2D eigenvalue weighted by atomic mass is 9.84. The van der Waals surface area contributed by atoms with Crippen molar-refractivity contribution in [1.82, 2.24) is 0 Å². The second-order valence-corrected chi connectivity index (χ2v) is 3.76. The van der Waals surface area contributed by atoms with Crippen LogP contribution < -0.4 is 0 Å². The topological polar surface area (TPSA) is 37.3 Å². The minimum Gasteiger partial charge on any atom is -0.481 e. The molecule has 0 saturated heterocycles. The van der Waals surface area contributed by atoms with Crippen LogP contribution in [0, 0.1) is 0 Å². The Morgan fingerprint density at radius 1 is 1.50 bits per heavy atom. The van der Waals surface area contributed by atoms with Gasteiger partial charge in [0.1, 0.15) is 6.67 Å². The third kappa shape index (κ3) is 1.92. The van der Waals surface area contributed by atoms with Gasteiger partial charge in [-0.25, -0.2) is 4.39 Å². The molecule has 2 nitrogen and oxygen atoms in total. The highest BCUT2D eigenvalue weighted by Crippen LogP contribution is 2.24. The molecule has 0 aromatic heterocycles. The van der Waals surface area contributed by atoms with E-state index < -0.39 is 18.1 Å². The SMILES string of the molecule is CC(C)(C(=O)O)c1cccc(CF)c1. The van der Waals surface area contributed by atoms with Gasteiger partial charge in [-0.1, -0.05) is 24.3 Å². The fourth-order valence-corrected chi connectivity index (χ4v) is 1.17. The van der Waals surface area contributed by atoms with Crippen LogP contribution in [0.5, 0.6) is 0 Å². The van der Waals surface area contributed by atoms with Gasteiger partial charge >= 0.3 is 5.97 Å². The van der Waals surface area contributed by atoms with E-state index in [-0.39, 0.29) is 0 Å². The Morgan fingerprint density at radius 2 is 2.14 bits per heavy atom. The fourth-order valence-electron chi connectivity index (χ4n) is 1.17. The number of aliphatic carboxylic acids is 1. The molecule has 0 spiro atoms. The van der Waals surface area contributed by atoms with Crippen LogP contribution in [0.25, 0.3) is 0 Å². The zero-order chi connectivity index (χ0) is 10.8. The quantitative estimate of drug-likeness (QED) is 0.806. The molecule has 3 heteroatoms. The average molecular weight is 196 g/mol. The largest absolute Gasteiger partial charge is 0.481 e. The smallest absolute Gasteiger partial charge is 0.313 e. The molecular weight excluding hydrogens is 183 g/mol. The Labute approximate surface area is 82.4 Å². The molecule has 14 heavy (non-hydrogen) atoms. The highest BCUT2D eigenvalue weighted by Gasteiger charge is 2.29. The van der Waals surface area contributed by atoms with Crippen LogP contribution in [-0.4, -0.2) is 11.1 Å². The summed E-state index contributed by atoms with van der Waals surface area (Å²) >= 11 is 0. The molecule has 0 atom stereocenters.